The third kappa shape index (κ3) is 5.82. The molecule has 0 saturated heterocycles. The lowest BCUT2D eigenvalue weighted by Gasteiger charge is -2.33. The molecule has 1 heterocycles. The van der Waals surface area contributed by atoms with Crippen molar-refractivity contribution in [2.45, 2.75) is 52.3 Å². The quantitative estimate of drug-likeness (QED) is 0.663. The second kappa shape index (κ2) is 8.77. The number of nitrogens with one attached hydrogen (secondary N) is 1. The number of carbonyl (C=O) groups excluding carboxylic acids is 2. The number of nitrogens with zero attached hydrogens (tertiary/aromatic N) is 2. The molecule has 1 atom stereocenters. The molecule has 0 spiro atoms. The van der Waals surface area contributed by atoms with E-state index in [2.05, 4.69) is 26.3 Å². The number of benzene rings is 1. The zero-order valence-electron chi connectivity index (χ0n) is 16.8. The minimum absolute atomic E-state index is 0.212. The van der Waals surface area contributed by atoms with Gasteiger partial charge in [-0.1, -0.05) is 28.1 Å². The highest BCUT2D eigenvalue weighted by Gasteiger charge is 2.33. The first-order valence-electron chi connectivity index (χ1n) is 9.00. The van der Waals surface area contributed by atoms with Crippen molar-refractivity contribution in [3.8, 4) is 0 Å². The summed E-state index contributed by atoms with van der Waals surface area (Å²) in [5, 5.41) is 7.18. The second-order valence-corrected chi connectivity index (χ2v) is 8.48. The molecular weight excluding hydrogens is 426 g/mol. The van der Waals surface area contributed by atoms with Crippen LogP contribution in [0.4, 0.5) is 4.79 Å². The monoisotopic (exact) mass is 451 g/mol. The van der Waals surface area contributed by atoms with Gasteiger partial charge in [0.25, 0.3) is 0 Å². The highest BCUT2D eigenvalue weighted by molar-refractivity contribution is 9.10. The van der Waals surface area contributed by atoms with E-state index in [0.29, 0.717) is 5.69 Å². The van der Waals surface area contributed by atoms with Gasteiger partial charge in [-0.3, -0.25) is 4.68 Å². The molecule has 1 aromatic heterocycles. The third-order valence-electron chi connectivity index (χ3n) is 3.91. The van der Waals surface area contributed by atoms with E-state index in [-0.39, 0.29) is 13.2 Å². The van der Waals surface area contributed by atoms with Gasteiger partial charge >= 0.3 is 12.1 Å². The molecule has 2 rings (SSSR count). The Balaban J connectivity index is 2.38. The standard InChI is InChI=1S/C20H26BrN3O4/c1-6-27-17(25)16-10-11-22-24(16)13-20(5,14-8-7-9-15(21)12-14)23-18(26)28-19(2,3)4/h7-12H,6,13H2,1-5H3,(H,23,26)/t20-/m0/s1. The lowest BCUT2D eigenvalue weighted by molar-refractivity contribution is 0.0445. The summed E-state index contributed by atoms with van der Waals surface area (Å²) >= 11 is 3.47. The summed E-state index contributed by atoms with van der Waals surface area (Å²) in [7, 11) is 0. The van der Waals surface area contributed by atoms with Crippen molar-refractivity contribution < 1.29 is 19.1 Å². The average molecular weight is 452 g/mol. The molecule has 1 amide bonds. The minimum atomic E-state index is -0.890. The Bertz CT molecular complexity index is 844. The molecule has 0 unspecified atom stereocenters. The normalized spacial score (nSPS) is 13.5. The summed E-state index contributed by atoms with van der Waals surface area (Å²) in [6.07, 6.45) is 0.973. The molecule has 0 bridgehead atoms. The maximum atomic E-state index is 12.5. The van der Waals surface area contributed by atoms with Crippen molar-refractivity contribution in [2.24, 2.45) is 0 Å². The van der Waals surface area contributed by atoms with E-state index in [1.807, 2.05) is 31.2 Å². The van der Waals surface area contributed by atoms with Gasteiger partial charge in [-0.15, -0.1) is 0 Å². The number of ether oxygens (including phenoxy) is 2. The topological polar surface area (TPSA) is 82.5 Å². The highest BCUT2D eigenvalue weighted by atomic mass is 79.9. The SMILES string of the molecule is CCOC(=O)c1ccnn1C[C@](C)(NC(=O)OC(C)(C)C)c1cccc(Br)c1. The predicted molar refractivity (Wildman–Crippen MR) is 109 cm³/mol. The van der Waals surface area contributed by atoms with Gasteiger partial charge in [-0.05, 0) is 58.4 Å². The number of hydrogen-bond donors (Lipinski definition) is 1. The molecule has 1 N–H and O–H groups in total. The van der Waals surface area contributed by atoms with Crippen LogP contribution < -0.4 is 5.32 Å². The Hall–Kier alpha value is -2.35. The smallest absolute Gasteiger partial charge is 0.408 e. The van der Waals surface area contributed by atoms with Crippen LogP contribution in [0.2, 0.25) is 0 Å². The summed E-state index contributed by atoms with van der Waals surface area (Å²) in [6, 6.07) is 9.17. The first-order chi connectivity index (χ1) is 13.0. The number of halogens is 1. The van der Waals surface area contributed by atoms with Gasteiger partial charge in [-0.25, -0.2) is 9.59 Å². The Labute approximate surface area is 173 Å². The number of hydrogen-bond acceptors (Lipinski definition) is 5. The van der Waals surface area contributed by atoms with Gasteiger partial charge in [0.15, 0.2) is 0 Å². The van der Waals surface area contributed by atoms with Gasteiger partial charge in [0, 0.05) is 10.7 Å². The second-order valence-electron chi connectivity index (χ2n) is 7.56. The molecular formula is C20H26BrN3O4. The van der Waals surface area contributed by atoms with E-state index in [0.717, 1.165) is 10.0 Å². The molecule has 0 radical (unpaired) electrons. The van der Waals surface area contributed by atoms with Crippen LogP contribution in [0, 0.1) is 0 Å². The van der Waals surface area contributed by atoms with Crippen molar-refractivity contribution in [3.63, 3.8) is 0 Å². The Morgan fingerprint density at radius 1 is 1.21 bits per heavy atom. The van der Waals surface area contributed by atoms with Crippen LogP contribution in [0.15, 0.2) is 41.0 Å². The van der Waals surface area contributed by atoms with Crippen molar-refractivity contribution in [3.05, 3.63) is 52.3 Å². The average Bonchev–Trinajstić information content (AvgIpc) is 3.01. The number of rotatable bonds is 6. The van der Waals surface area contributed by atoms with E-state index in [1.165, 1.54) is 10.9 Å². The van der Waals surface area contributed by atoms with Crippen LogP contribution >= 0.6 is 15.9 Å². The summed E-state index contributed by atoms with van der Waals surface area (Å²) in [5.74, 6) is -0.464. The molecule has 8 heteroatoms. The fourth-order valence-corrected chi connectivity index (χ4v) is 3.10. The van der Waals surface area contributed by atoms with Gasteiger partial charge in [0.2, 0.25) is 0 Å². The van der Waals surface area contributed by atoms with Crippen LogP contribution in [0.1, 0.15) is 50.7 Å². The van der Waals surface area contributed by atoms with Crippen molar-refractivity contribution in [1.82, 2.24) is 15.1 Å². The van der Waals surface area contributed by atoms with Crippen LogP contribution in [0.3, 0.4) is 0 Å². The van der Waals surface area contributed by atoms with E-state index in [9.17, 15) is 9.59 Å². The zero-order chi connectivity index (χ0) is 20.9. The Morgan fingerprint density at radius 3 is 2.54 bits per heavy atom. The number of amides is 1. The zero-order valence-corrected chi connectivity index (χ0v) is 18.4. The number of alkyl carbamates (subject to hydrolysis) is 1. The summed E-state index contributed by atoms with van der Waals surface area (Å²) in [4.78, 5) is 24.7. The van der Waals surface area contributed by atoms with Crippen LogP contribution in [-0.4, -0.2) is 34.1 Å². The molecule has 0 aliphatic rings. The number of esters is 1. The van der Waals surface area contributed by atoms with Crippen LogP contribution in [0.25, 0.3) is 0 Å². The van der Waals surface area contributed by atoms with E-state index < -0.39 is 23.2 Å². The lowest BCUT2D eigenvalue weighted by Crippen LogP contribution is -2.48. The first kappa shape index (κ1) is 21.9. The molecule has 0 aliphatic carbocycles. The largest absolute Gasteiger partial charge is 0.461 e. The van der Waals surface area contributed by atoms with Crippen molar-refractivity contribution >= 4 is 28.0 Å². The van der Waals surface area contributed by atoms with E-state index in [1.54, 1.807) is 33.8 Å². The van der Waals surface area contributed by atoms with Crippen LogP contribution in [0.5, 0.6) is 0 Å². The van der Waals surface area contributed by atoms with Crippen molar-refractivity contribution in [2.75, 3.05) is 6.61 Å². The first-order valence-corrected chi connectivity index (χ1v) is 9.79. The maximum Gasteiger partial charge on any atom is 0.408 e. The fraction of sp³-hybridized carbons (Fsp3) is 0.450. The predicted octanol–water partition coefficient (Wildman–Crippen LogP) is 4.26. The molecule has 0 aliphatic heterocycles. The molecule has 152 valence electrons. The highest BCUT2D eigenvalue weighted by Crippen LogP contribution is 2.27. The molecule has 28 heavy (non-hydrogen) atoms. The maximum absolute atomic E-state index is 12.5. The summed E-state index contributed by atoms with van der Waals surface area (Å²) in [5.41, 5.74) is -0.379. The molecule has 7 nitrogen and oxygen atoms in total. The number of carbonyl (C=O) groups is 2. The fourth-order valence-electron chi connectivity index (χ4n) is 2.70. The van der Waals surface area contributed by atoms with Gasteiger partial charge in [0.05, 0.1) is 18.7 Å². The number of aromatic nitrogens is 2. The van der Waals surface area contributed by atoms with Gasteiger partial charge in [-0.2, -0.15) is 5.10 Å². The Morgan fingerprint density at radius 2 is 1.93 bits per heavy atom. The molecule has 1 aromatic carbocycles. The third-order valence-corrected chi connectivity index (χ3v) is 4.40. The summed E-state index contributed by atoms with van der Waals surface area (Å²) < 4.78 is 12.9. The van der Waals surface area contributed by atoms with Gasteiger partial charge < -0.3 is 14.8 Å². The minimum Gasteiger partial charge on any atom is -0.461 e. The van der Waals surface area contributed by atoms with Gasteiger partial charge in [0.1, 0.15) is 11.3 Å². The summed E-state index contributed by atoms with van der Waals surface area (Å²) in [6.45, 7) is 9.48. The van der Waals surface area contributed by atoms with Crippen molar-refractivity contribution in [1.29, 1.82) is 0 Å². The molecule has 2 aromatic rings. The molecule has 0 fully saturated rings. The van der Waals surface area contributed by atoms with E-state index >= 15 is 0 Å². The lowest BCUT2D eigenvalue weighted by atomic mass is 9.92. The van der Waals surface area contributed by atoms with E-state index in [4.69, 9.17) is 9.47 Å². The Kier molecular flexibility index (Phi) is 6.87. The van der Waals surface area contributed by atoms with Crippen LogP contribution in [-0.2, 0) is 21.6 Å². The molecule has 0 saturated carbocycles.